The molecule has 6 heteroatoms. The summed E-state index contributed by atoms with van der Waals surface area (Å²) in [5.41, 5.74) is 1.68. The Morgan fingerprint density at radius 1 is 1.43 bits per heavy atom. The lowest BCUT2D eigenvalue weighted by Crippen LogP contribution is -2.36. The summed E-state index contributed by atoms with van der Waals surface area (Å²) in [6.07, 6.45) is 2.53. The van der Waals surface area contributed by atoms with Crippen molar-refractivity contribution in [1.82, 2.24) is 4.90 Å². The fourth-order valence-electron chi connectivity index (χ4n) is 2.63. The third kappa shape index (κ3) is 4.32. The van der Waals surface area contributed by atoms with E-state index in [0.717, 1.165) is 43.3 Å². The SMILES string of the molecule is Cc1cc([N+](=O)[O-])c(Cl)cc1NCCN1CCC(C)CC1. The van der Waals surface area contributed by atoms with Gasteiger partial charge in [-0.25, -0.2) is 0 Å². The van der Waals surface area contributed by atoms with E-state index in [2.05, 4.69) is 17.1 Å². The number of aryl methyl sites for hydroxylation is 1. The van der Waals surface area contributed by atoms with Gasteiger partial charge in [-0.15, -0.1) is 0 Å². The number of nitrogens with one attached hydrogen (secondary N) is 1. The number of halogens is 1. The average Bonchev–Trinajstić information content (AvgIpc) is 2.44. The van der Waals surface area contributed by atoms with Crippen molar-refractivity contribution in [1.29, 1.82) is 0 Å². The highest BCUT2D eigenvalue weighted by Crippen LogP contribution is 2.30. The normalized spacial score (nSPS) is 16.9. The second kappa shape index (κ2) is 7.09. The number of nitro benzene ring substituents is 1. The molecule has 2 rings (SSSR count). The number of nitrogens with zero attached hydrogens (tertiary/aromatic N) is 2. The van der Waals surface area contributed by atoms with Gasteiger partial charge in [0.1, 0.15) is 5.02 Å². The maximum atomic E-state index is 10.8. The summed E-state index contributed by atoms with van der Waals surface area (Å²) in [4.78, 5) is 12.8. The summed E-state index contributed by atoms with van der Waals surface area (Å²) in [5.74, 6) is 0.838. The van der Waals surface area contributed by atoms with Gasteiger partial charge in [0.05, 0.1) is 4.92 Å². The summed E-state index contributed by atoms with van der Waals surface area (Å²) in [6.45, 7) is 8.28. The zero-order chi connectivity index (χ0) is 15.4. The van der Waals surface area contributed by atoms with Crippen molar-refractivity contribution in [2.75, 3.05) is 31.5 Å². The van der Waals surface area contributed by atoms with Gasteiger partial charge >= 0.3 is 0 Å². The van der Waals surface area contributed by atoms with E-state index in [-0.39, 0.29) is 10.7 Å². The van der Waals surface area contributed by atoms with Gasteiger partial charge < -0.3 is 10.2 Å². The van der Waals surface area contributed by atoms with Crippen LogP contribution in [0.4, 0.5) is 11.4 Å². The number of nitro groups is 1. The molecule has 0 amide bonds. The number of rotatable bonds is 5. The Morgan fingerprint density at radius 3 is 2.71 bits per heavy atom. The van der Waals surface area contributed by atoms with Crippen molar-refractivity contribution >= 4 is 23.0 Å². The average molecular weight is 312 g/mol. The summed E-state index contributed by atoms with van der Waals surface area (Å²) in [5, 5.41) is 14.3. The van der Waals surface area contributed by atoms with Gasteiger partial charge in [0.25, 0.3) is 5.69 Å². The standard InChI is InChI=1S/C15H22ClN3O2/c1-11-3-6-18(7-4-11)8-5-17-14-10-13(16)15(19(20)21)9-12(14)2/h9-11,17H,3-8H2,1-2H3. The molecule has 0 spiro atoms. The number of anilines is 1. The fraction of sp³-hybridized carbons (Fsp3) is 0.600. The van der Waals surface area contributed by atoms with E-state index in [0.29, 0.717) is 0 Å². The minimum absolute atomic E-state index is 0.0373. The highest BCUT2D eigenvalue weighted by atomic mass is 35.5. The minimum Gasteiger partial charge on any atom is -0.383 e. The van der Waals surface area contributed by atoms with Crippen LogP contribution in [0, 0.1) is 23.0 Å². The summed E-state index contributed by atoms with van der Waals surface area (Å²) < 4.78 is 0. The maximum Gasteiger partial charge on any atom is 0.288 e. The van der Waals surface area contributed by atoms with E-state index < -0.39 is 4.92 Å². The largest absolute Gasteiger partial charge is 0.383 e. The van der Waals surface area contributed by atoms with Crippen LogP contribution >= 0.6 is 11.6 Å². The lowest BCUT2D eigenvalue weighted by molar-refractivity contribution is -0.384. The Kier molecular flexibility index (Phi) is 5.42. The van der Waals surface area contributed by atoms with Crippen molar-refractivity contribution in [3.05, 3.63) is 32.8 Å². The van der Waals surface area contributed by atoms with Crippen molar-refractivity contribution < 1.29 is 4.92 Å². The van der Waals surface area contributed by atoms with Crippen molar-refractivity contribution in [3.8, 4) is 0 Å². The van der Waals surface area contributed by atoms with Crippen molar-refractivity contribution in [3.63, 3.8) is 0 Å². The Hall–Kier alpha value is -1.33. The first-order valence-electron chi connectivity index (χ1n) is 7.38. The lowest BCUT2D eigenvalue weighted by Gasteiger charge is -2.30. The van der Waals surface area contributed by atoms with Crippen molar-refractivity contribution in [2.45, 2.75) is 26.7 Å². The molecule has 0 unspecified atom stereocenters. The third-order valence-corrected chi connectivity index (χ3v) is 4.41. The predicted molar refractivity (Wildman–Crippen MR) is 86.2 cm³/mol. The molecule has 0 aliphatic carbocycles. The van der Waals surface area contributed by atoms with E-state index in [1.54, 1.807) is 6.07 Å². The van der Waals surface area contributed by atoms with Crippen LogP contribution < -0.4 is 5.32 Å². The molecule has 1 N–H and O–H groups in total. The first kappa shape index (κ1) is 16.0. The first-order valence-corrected chi connectivity index (χ1v) is 7.76. The lowest BCUT2D eigenvalue weighted by atomic mass is 9.99. The molecule has 0 atom stereocenters. The molecule has 0 radical (unpaired) electrons. The van der Waals surface area contributed by atoms with Gasteiger partial charge in [-0.05, 0) is 50.4 Å². The highest BCUT2D eigenvalue weighted by molar-refractivity contribution is 6.33. The van der Waals surface area contributed by atoms with Crippen LogP contribution in [0.2, 0.25) is 5.02 Å². The first-order chi connectivity index (χ1) is 9.97. The third-order valence-electron chi connectivity index (χ3n) is 4.11. The topological polar surface area (TPSA) is 58.4 Å². The molecule has 1 aliphatic heterocycles. The maximum absolute atomic E-state index is 10.8. The van der Waals surface area contributed by atoms with Crippen LogP contribution in [0.1, 0.15) is 25.3 Å². The van der Waals surface area contributed by atoms with Crippen LogP contribution in [0.15, 0.2) is 12.1 Å². The van der Waals surface area contributed by atoms with E-state index in [1.165, 1.54) is 18.9 Å². The number of hydrogen-bond donors (Lipinski definition) is 1. The summed E-state index contributed by atoms with van der Waals surface area (Å²) in [6, 6.07) is 3.17. The zero-order valence-corrected chi connectivity index (χ0v) is 13.3. The summed E-state index contributed by atoms with van der Waals surface area (Å²) >= 11 is 5.95. The molecular formula is C15H22ClN3O2. The fourth-order valence-corrected chi connectivity index (χ4v) is 2.86. The van der Waals surface area contributed by atoms with Gasteiger partial charge in [0.2, 0.25) is 0 Å². The predicted octanol–water partition coefficient (Wildman–Crippen LogP) is 3.70. The molecule has 1 fully saturated rings. The van der Waals surface area contributed by atoms with Crippen LogP contribution in [-0.4, -0.2) is 36.0 Å². The molecule has 5 nitrogen and oxygen atoms in total. The monoisotopic (exact) mass is 311 g/mol. The quantitative estimate of drug-likeness (QED) is 0.665. The molecule has 116 valence electrons. The van der Waals surface area contributed by atoms with Gasteiger partial charge in [-0.3, -0.25) is 10.1 Å². The Bertz CT molecular complexity index is 514. The second-order valence-corrected chi connectivity index (χ2v) is 6.23. The Balaban J connectivity index is 1.88. The number of hydrogen-bond acceptors (Lipinski definition) is 4. The van der Waals surface area contributed by atoms with E-state index in [4.69, 9.17) is 11.6 Å². The van der Waals surface area contributed by atoms with Crippen LogP contribution in [0.3, 0.4) is 0 Å². The smallest absolute Gasteiger partial charge is 0.288 e. The molecule has 1 aliphatic rings. The number of likely N-dealkylation sites (tertiary alicyclic amines) is 1. The molecular weight excluding hydrogens is 290 g/mol. The van der Waals surface area contributed by atoms with Gasteiger partial charge in [0, 0.05) is 24.8 Å². The van der Waals surface area contributed by atoms with E-state index >= 15 is 0 Å². The van der Waals surface area contributed by atoms with E-state index in [9.17, 15) is 10.1 Å². The molecule has 21 heavy (non-hydrogen) atoms. The number of benzene rings is 1. The molecule has 1 heterocycles. The van der Waals surface area contributed by atoms with Gasteiger partial charge in [0.15, 0.2) is 0 Å². The Labute approximate surface area is 130 Å². The summed E-state index contributed by atoms with van der Waals surface area (Å²) in [7, 11) is 0. The number of piperidine rings is 1. The molecule has 0 aromatic heterocycles. The molecule has 0 saturated carbocycles. The molecule has 1 aromatic carbocycles. The van der Waals surface area contributed by atoms with Crippen LogP contribution in [0.25, 0.3) is 0 Å². The zero-order valence-electron chi connectivity index (χ0n) is 12.6. The second-order valence-electron chi connectivity index (χ2n) is 5.83. The van der Waals surface area contributed by atoms with Crippen LogP contribution in [-0.2, 0) is 0 Å². The molecule has 1 saturated heterocycles. The molecule has 1 aromatic rings. The van der Waals surface area contributed by atoms with Gasteiger partial charge in [-0.1, -0.05) is 18.5 Å². The van der Waals surface area contributed by atoms with E-state index in [1.807, 2.05) is 6.92 Å². The van der Waals surface area contributed by atoms with Crippen LogP contribution in [0.5, 0.6) is 0 Å². The Morgan fingerprint density at radius 2 is 2.10 bits per heavy atom. The minimum atomic E-state index is -0.450. The van der Waals surface area contributed by atoms with Crippen molar-refractivity contribution in [2.24, 2.45) is 5.92 Å². The van der Waals surface area contributed by atoms with Gasteiger partial charge in [-0.2, -0.15) is 0 Å². The highest BCUT2D eigenvalue weighted by Gasteiger charge is 2.16. The molecule has 0 bridgehead atoms.